The van der Waals surface area contributed by atoms with Crippen LogP contribution in [-0.2, 0) is 6.42 Å². The predicted molar refractivity (Wildman–Crippen MR) is 113 cm³/mol. The topological polar surface area (TPSA) is 39.7 Å². The number of benzene rings is 1. The third-order valence-electron chi connectivity index (χ3n) is 6.15. The van der Waals surface area contributed by atoms with Gasteiger partial charge in [-0.05, 0) is 56.0 Å². The van der Waals surface area contributed by atoms with E-state index in [-0.39, 0.29) is 11.7 Å². The molecule has 0 bridgehead atoms. The molecule has 2 saturated heterocycles. The Labute approximate surface area is 172 Å². The largest absolute Gasteiger partial charge is 0.354 e. The first-order chi connectivity index (χ1) is 14.1. The minimum absolute atomic E-state index is 0.00493. The first kappa shape index (κ1) is 19.8. The van der Waals surface area contributed by atoms with Gasteiger partial charge in [-0.1, -0.05) is 24.3 Å². The third-order valence-corrected chi connectivity index (χ3v) is 6.15. The lowest BCUT2D eigenvalue weighted by Gasteiger charge is -2.34. The van der Waals surface area contributed by atoms with E-state index < -0.39 is 0 Å². The second-order valence-corrected chi connectivity index (χ2v) is 8.20. The molecular weight excluding hydrogens is 367 g/mol. The van der Waals surface area contributed by atoms with Crippen LogP contribution < -0.4 is 4.90 Å². The van der Waals surface area contributed by atoms with E-state index in [2.05, 4.69) is 21.8 Å². The van der Waals surface area contributed by atoms with Gasteiger partial charge in [0, 0.05) is 39.3 Å². The number of likely N-dealkylation sites (tertiary alicyclic amines) is 1. The van der Waals surface area contributed by atoms with Gasteiger partial charge in [-0.2, -0.15) is 0 Å². The van der Waals surface area contributed by atoms with Gasteiger partial charge >= 0.3 is 0 Å². The summed E-state index contributed by atoms with van der Waals surface area (Å²) >= 11 is 0. The van der Waals surface area contributed by atoms with Gasteiger partial charge in [0.2, 0.25) is 0 Å². The summed E-state index contributed by atoms with van der Waals surface area (Å²) in [5, 5.41) is 0. The van der Waals surface area contributed by atoms with Crippen LogP contribution in [0.1, 0.15) is 28.9 Å². The fourth-order valence-electron chi connectivity index (χ4n) is 4.23. The quantitative estimate of drug-likeness (QED) is 0.796. The molecular formula is C23H29FN4O. The van der Waals surface area contributed by atoms with E-state index in [1.165, 1.54) is 6.07 Å². The van der Waals surface area contributed by atoms with Gasteiger partial charge in [-0.25, -0.2) is 9.37 Å². The van der Waals surface area contributed by atoms with E-state index in [1.54, 1.807) is 6.07 Å². The molecule has 2 aromatic rings. The highest BCUT2D eigenvalue weighted by molar-refractivity contribution is 5.92. The zero-order chi connectivity index (χ0) is 20.2. The van der Waals surface area contributed by atoms with Crippen LogP contribution in [0.15, 0.2) is 42.5 Å². The van der Waals surface area contributed by atoms with Gasteiger partial charge in [0.15, 0.2) is 0 Å². The molecule has 5 nitrogen and oxygen atoms in total. The van der Waals surface area contributed by atoms with Gasteiger partial charge in [0.05, 0.1) is 0 Å². The lowest BCUT2D eigenvalue weighted by molar-refractivity contribution is 0.0684. The number of piperazine rings is 1. The van der Waals surface area contributed by atoms with Crippen LogP contribution in [0.25, 0.3) is 0 Å². The van der Waals surface area contributed by atoms with Crippen LogP contribution in [0, 0.1) is 11.7 Å². The molecule has 6 heteroatoms. The zero-order valence-corrected chi connectivity index (χ0v) is 17.1. The molecule has 0 radical (unpaired) electrons. The monoisotopic (exact) mass is 396 g/mol. The predicted octanol–water partition coefficient (Wildman–Crippen LogP) is 3.07. The van der Waals surface area contributed by atoms with Crippen molar-refractivity contribution in [1.82, 2.24) is 14.8 Å². The lowest BCUT2D eigenvalue weighted by Crippen LogP contribution is -2.45. The van der Waals surface area contributed by atoms with Crippen LogP contribution in [0.4, 0.5) is 10.2 Å². The van der Waals surface area contributed by atoms with Crippen molar-refractivity contribution in [2.45, 2.75) is 19.3 Å². The molecule has 2 aliphatic rings. The maximum Gasteiger partial charge on any atom is 0.272 e. The van der Waals surface area contributed by atoms with Crippen molar-refractivity contribution in [3.8, 4) is 0 Å². The Bertz CT molecular complexity index is 842. The average molecular weight is 397 g/mol. The Morgan fingerprint density at radius 3 is 2.45 bits per heavy atom. The molecule has 0 unspecified atom stereocenters. The van der Waals surface area contributed by atoms with Crippen molar-refractivity contribution < 1.29 is 9.18 Å². The number of piperidine rings is 1. The number of hydrogen-bond donors (Lipinski definition) is 0. The van der Waals surface area contributed by atoms with Crippen molar-refractivity contribution in [2.75, 3.05) is 51.2 Å². The molecule has 0 aliphatic carbocycles. The maximum absolute atomic E-state index is 13.9. The molecule has 1 amide bonds. The number of aromatic nitrogens is 1. The van der Waals surface area contributed by atoms with E-state index in [1.807, 2.05) is 35.2 Å². The molecule has 0 atom stereocenters. The molecule has 154 valence electrons. The summed E-state index contributed by atoms with van der Waals surface area (Å²) in [6.45, 7) is 5.30. The van der Waals surface area contributed by atoms with Crippen molar-refractivity contribution >= 4 is 11.7 Å². The number of pyridine rings is 1. The molecule has 29 heavy (non-hydrogen) atoms. The van der Waals surface area contributed by atoms with Crippen LogP contribution in [-0.4, -0.2) is 67.0 Å². The Morgan fingerprint density at radius 1 is 1.00 bits per heavy atom. The highest BCUT2D eigenvalue weighted by Crippen LogP contribution is 2.24. The highest BCUT2D eigenvalue weighted by atomic mass is 19.1. The molecule has 0 N–H and O–H groups in total. The summed E-state index contributed by atoms with van der Waals surface area (Å²) in [4.78, 5) is 24.1. The summed E-state index contributed by atoms with van der Waals surface area (Å²) in [6.07, 6.45) is 2.54. The fourth-order valence-corrected chi connectivity index (χ4v) is 4.23. The number of halogens is 1. The SMILES string of the molecule is CN1CCN(c2cccc(C(=O)N3CCC(Cc4ccccc4F)CC3)n2)CC1. The number of likely N-dealkylation sites (N-methyl/N-ethyl adjacent to an activating group) is 1. The third kappa shape index (κ3) is 4.75. The Hall–Kier alpha value is -2.47. The molecule has 3 heterocycles. The maximum atomic E-state index is 13.9. The van der Waals surface area contributed by atoms with E-state index in [4.69, 9.17) is 0 Å². The standard InChI is InChI=1S/C23H29FN4O/c1-26-13-15-27(16-14-26)22-8-4-7-21(25-22)23(29)28-11-9-18(10-12-28)17-19-5-2-3-6-20(19)24/h2-8,18H,9-17H2,1H3. The molecule has 1 aromatic carbocycles. The molecule has 4 rings (SSSR count). The van der Waals surface area contributed by atoms with Gasteiger partial charge in [-0.3, -0.25) is 4.79 Å². The van der Waals surface area contributed by atoms with Crippen LogP contribution >= 0.6 is 0 Å². The number of rotatable bonds is 4. The number of nitrogens with zero attached hydrogens (tertiary/aromatic N) is 4. The van der Waals surface area contributed by atoms with Gasteiger partial charge in [-0.15, -0.1) is 0 Å². The fraction of sp³-hybridized carbons (Fsp3) is 0.478. The molecule has 2 aliphatic heterocycles. The summed E-state index contributed by atoms with van der Waals surface area (Å²) < 4.78 is 13.9. The number of amides is 1. The Balaban J connectivity index is 1.35. The number of hydrogen-bond acceptors (Lipinski definition) is 4. The zero-order valence-electron chi connectivity index (χ0n) is 17.1. The molecule has 0 saturated carbocycles. The molecule has 2 fully saturated rings. The van der Waals surface area contributed by atoms with Gasteiger partial charge in [0.1, 0.15) is 17.3 Å². The van der Waals surface area contributed by atoms with E-state index in [0.29, 0.717) is 24.7 Å². The van der Waals surface area contributed by atoms with Gasteiger partial charge in [0.25, 0.3) is 5.91 Å². The second-order valence-electron chi connectivity index (χ2n) is 8.20. The number of carbonyl (C=O) groups excluding carboxylic acids is 1. The minimum Gasteiger partial charge on any atom is -0.354 e. The van der Waals surface area contributed by atoms with Crippen LogP contribution in [0.2, 0.25) is 0 Å². The molecule has 1 aromatic heterocycles. The van der Waals surface area contributed by atoms with E-state index in [9.17, 15) is 9.18 Å². The average Bonchev–Trinajstić information content (AvgIpc) is 2.76. The van der Waals surface area contributed by atoms with Gasteiger partial charge < -0.3 is 14.7 Å². The van der Waals surface area contributed by atoms with Crippen molar-refractivity contribution in [1.29, 1.82) is 0 Å². The summed E-state index contributed by atoms with van der Waals surface area (Å²) in [5.41, 5.74) is 1.30. The van der Waals surface area contributed by atoms with Crippen molar-refractivity contribution in [3.05, 3.63) is 59.5 Å². The highest BCUT2D eigenvalue weighted by Gasteiger charge is 2.25. The van der Waals surface area contributed by atoms with Crippen LogP contribution in [0.3, 0.4) is 0 Å². The second kappa shape index (κ2) is 8.91. The van der Waals surface area contributed by atoms with Crippen LogP contribution in [0.5, 0.6) is 0 Å². The summed E-state index contributed by atoms with van der Waals surface area (Å²) in [5.74, 6) is 1.18. The van der Waals surface area contributed by atoms with Crippen molar-refractivity contribution in [3.63, 3.8) is 0 Å². The number of anilines is 1. The van der Waals surface area contributed by atoms with E-state index >= 15 is 0 Å². The Morgan fingerprint density at radius 2 is 1.72 bits per heavy atom. The lowest BCUT2D eigenvalue weighted by atomic mass is 9.90. The van der Waals surface area contributed by atoms with Crippen molar-refractivity contribution in [2.24, 2.45) is 5.92 Å². The van der Waals surface area contributed by atoms with E-state index in [0.717, 1.165) is 56.8 Å². The smallest absolute Gasteiger partial charge is 0.272 e. The number of carbonyl (C=O) groups is 1. The molecule has 0 spiro atoms. The summed E-state index contributed by atoms with van der Waals surface area (Å²) in [7, 11) is 2.13. The summed E-state index contributed by atoms with van der Waals surface area (Å²) in [6, 6.07) is 12.7. The normalized spacial score (nSPS) is 18.8. The first-order valence-corrected chi connectivity index (χ1v) is 10.5. The Kier molecular flexibility index (Phi) is 6.09. The first-order valence-electron chi connectivity index (χ1n) is 10.5. The minimum atomic E-state index is -0.129.